The number of halogens is 1. The monoisotopic (exact) mass is 376 g/mol. The molecule has 1 heterocycles. The lowest BCUT2D eigenvalue weighted by molar-refractivity contribution is -0.723. The summed E-state index contributed by atoms with van der Waals surface area (Å²) >= 11 is 0. The third-order valence-electron chi connectivity index (χ3n) is 4.28. The van der Waals surface area contributed by atoms with Crippen molar-refractivity contribution in [2.24, 2.45) is 0 Å². The molecule has 0 saturated carbocycles. The molecule has 0 radical (unpaired) electrons. The Kier molecular flexibility index (Phi) is 4.62. The van der Waals surface area contributed by atoms with Crippen molar-refractivity contribution < 1.29 is 31.1 Å². The number of carbonyl (C=O) groups excluding carboxylic acids is 2. The summed E-state index contributed by atoms with van der Waals surface area (Å²) in [6.07, 6.45) is 0. The average molecular weight is 377 g/mol. The molecule has 0 bridgehead atoms. The number of rotatable bonds is 2. The van der Waals surface area contributed by atoms with Crippen molar-refractivity contribution in [2.45, 2.75) is 46.7 Å². The van der Waals surface area contributed by atoms with Gasteiger partial charge in [-0.3, -0.25) is 9.59 Å². The Morgan fingerprint density at radius 2 is 1.48 bits per heavy atom. The van der Waals surface area contributed by atoms with Gasteiger partial charge < -0.3 is 17.0 Å². The minimum absolute atomic E-state index is 0. The number of benzene rings is 1. The van der Waals surface area contributed by atoms with Gasteiger partial charge in [0.25, 0.3) is 5.82 Å². The van der Waals surface area contributed by atoms with Crippen LogP contribution < -0.4 is 21.5 Å². The van der Waals surface area contributed by atoms with Crippen LogP contribution in [0.25, 0.3) is 0 Å². The molecule has 23 heavy (non-hydrogen) atoms. The Morgan fingerprint density at radius 1 is 0.957 bits per heavy atom. The summed E-state index contributed by atoms with van der Waals surface area (Å²) in [5, 5.41) is 0. The lowest BCUT2D eigenvalue weighted by atomic mass is 9.89. The molecule has 0 spiro atoms. The van der Waals surface area contributed by atoms with Gasteiger partial charge in [-0.15, -0.1) is 0 Å². The summed E-state index contributed by atoms with van der Waals surface area (Å²) in [5.74, 6) is 0.840. The molecule has 0 amide bonds. The van der Waals surface area contributed by atoms with Crippen LogP contribution >= 0.6 is 0 Å². The number of hydrogen-bond acceptors (Lipinski definition) is 2. The van der Waals surface area contributed by atoms with Crippen molar-refractivity contribution in [3.63, 3.8) is 0 Å². The zero-order valence-corrected chi connectivity index (χ0v) is 15.6. The normalized spacial score (nSPS) is 13.2. The van der Waals surface area contributed by atoms with Gasteiger partial charge >= 0.3 is 0 Å². The van der Waals surface area contributed by atoms with E-state index in [0.717, 1.165) is 5.82 Å². The molecule has 4 nitrogen and oxygen atoms in total. The van der Waals surface area contributed by atoms with E-state index in [4.69, 9.17) is 0 Å². The number of carbonyl (C=O) groups is 2. The van der Waals surface area contributed by atoms with Crippen molar-refractivity contribution in [1.82, 2.24) is 4.57 Å². The molecule has 0 N–H and O–H groups in total. The number of nitrogens with zero attached hydrogens (tertiary/aromatic N) is 2. The molecular formula is C18H21BrN2O2. The van der Waals surface area contributed by atoms with Crippen LogP contribution in [0.2, 0.25) is 0 Å². The first-order chi connectivity index (χ1) is 10.4. The van der Waals surface area contributed by atoms with Gasteiger partial charge in [-0.1, -0.05) is 24.3 Å². The predicted molar refractivity (Wildman–Crippen MR) is 83.4 cm³/mol. The van der Waals surface area contributed by atoms with Crippen LogP contribution in [0.4, 0.5) is 0 Å². The van der Waals surface area contributed by atoms with Crippen LogP contribution in [0.5, 0.6) is 0 Å². The highest BCUT2D eigenvalue weighted by Gasteiger charge is 2.44. The minimum atomic E-state index is -0.0543. The van der Waals surface area contributed by atoms with Crippen LogP contribution in [-0.2, 0) is 0 Å². The fourth-order valence-corrected chi connectivity index (χ4v) is 3.50. The lowest BCUT2D eigenvalue weighted by Gasteiger charge is -2.14. The smallest absolute Gasteiger partial charge is 0.254 e. The van der Waals surface area contributed by atoms with Gasteiger partial charge in [0, 0.05) is 18.1 Å². The standard InChI is InChI=1S/C18H21N2O2.BrH/c1-10(2)19-12(5)20(11(3)4)16-15(19)17(21)13-8-6-7-9-14(13)18(16)22;/h6-11H,1-5H3;1H/q+1;/p-1. The van der Waals surface area contributed by atoms with E-state index in [0.29, 0.717) is 22.5 Å². The Labute approximate surface area is 146 Å². The van der Waals surface area contributed by atoms with Crippen molar-refractivity contribution >= 4 is 11.6 Å². The molecule has 5 heteroatoms. The molecule has 0 aliphatic heterocycles. The third-order valence-corrected chi connectivity index (χ3v) is 4.28. The molecule has 1 aromatic heterocycles. The van der Waals surface area contributed by atoms with Gasteiger partial charge in [0.05, 0.1) is 12.1 Å². The Morgan fingerprint density at radius 3 is 1.96 bits per heavy atom. The Bertz CT molecular complexity index is 739. The second-order valence-corrected chi connectivity index (χ2v) is 6.38. The number of fused-ring (bicyclic) bond motifs is 2. The maximum atomic E-state index is 13.0. The van der Waals surface area contributed by atoms with Crippen LogP contribution in [0.1, 0.15) is 77.7 Å². The minimum Gasteiger partial charge on any atom is -1.00 e. The van der Waals surface area contributed by atoms with E-state index in [-0.39, 0.29) is 40.6 Å². The summed E-state index contributed by atoms with van der Waals surface area (Å²) in [4.78, 5) is 26.0. The van der Waals surface area contributed by atoms with Gasteiger partial charge in [-0.05, 0) is 27.7 Å². The Hall–Kier alpha value is -1.75. The zero-order chi connectivity index (χ0) is 16.2. The number of imidazole rings is 1. The Balaban J connectivity index is 0.00000192. The van der Waals surface area contributed by atoms with E-state index in [1.54, 1.807) is 24.3 Å². The summed E-state index contributed by atoms with van der Waals surface area (Å²) < 4.78 is 3.98. The van der Waals surface area contributed by atoms with E-state index in [1.807, 2.05) is 43.8 Å². The largest absolute Gasteiger partial charge is 1.00 e. The summed E-state index contributed by atoms with van der Waals surface area (Å²) in [6.45, 7) is 10.1. The van der Waals surface area contributed by atoms with Gasteiger partial charge in [0.1, 0.15) is 0 Å². The molecule has 0 saturated heterocycles. The van der Waals surface area contributed by atoms with Crippen LogP contribution in [0.15, 0.2) is 24.3 Å². The van der Waals surface area contributed by atoms with Crippen molar-refractivity contribution in [1.29, 1.82) is 0 Å². The number of ketones is 2. The molecule has 1 aromatic carbocycles. The van der Waals surface area contributed by atoms with Crippen molar-refractivity contribution in [3.05, 3.63) is 52.6 Å². The quantitative estimate of drug-likeness (QED) is 0.592. The van der Waals surface area contributed by atoms with Gasteiger partial charge in [-0.25, -0.2) is 9.13 Å². The topological polar surface area (TPSA) is 43.0 Å². The van der Waals surface area contributed by atoms with Crippen molar-refractivity contribution in [2.75, 3.05) is 0 Å². The first-order valence-electron chi connectivity index (χ1n) is 7.71. The summed E-state index contributed by atoms with van der Waals surface area (Å²) in [5.41, 5.74) is 2.08. The van der Waals surface area contributed by atoms with E-state index in [1.165, 1.54) is 0 Å². The fraction of sp³-hybridized carbons (Fsp3) is 0.389. The lowest BCUT2D eigenvalue weighted by Crippen LogP contribution is -3.00. The van der Waals surface area contributed by atoms with E-state index in [9.17, 15) is 9.59 Å². The highest BCUT2D eigenvalue weighted by molar-refractivity contribution is 6.26. The summed E-state index contributed by atoms with van der Waals surface area (Å²) in [7, 11) is 0. The first-order valence-corrected chi connectivity index (χ1v) is 7.71. The highest BCUT2D eigenvalue weighted by Crippen LogP contribution is 2.29. The van der Waals surface area contributed by atoms with E-state index in [2.05, 4.69) is 0 Å². The number of hydrogen-bond donors (Lipinski definition) is 0. The zero-order valence-electron chi connectivity index (χ0n) is 14.1. The van der Waals surface area contributed by atoms with Crippen LogP contribution in [-0.4, -0.2) is 16.1 Å². The van der Waals surface area contributed by atoms with E-state index < -0.39 is 0 Å². The maximum Gasteiger partial charge on any atom is 0.254 e. The molecule has 1 aliphatic rings. The molecule has 1 aliphatic carbocycles. The molecule has 2 aromatic rings. The van der Waals surface area contributed by atoms with Crippen LogP contribution in [0, 0.1) is 6.92 Å². The SMILES string of the molecule is Cc1n(C(C)C)c2c([n+]1C(C)C)C(=O)c1ccccc1C2=O.[Br-]. The second kappa shape index (κ2) is 6.04. The third kappa shape index (κ3) is 2.38. The predicted octanol–water partition coefficient (Wildman–Crippen LogP) is 0.0252. The molecule has 0 fully saturated rings. The molecule has 0 atom stereocenters. The molecular weight excluding hydrogens is 356 g/mol. The molecule has 0 unspecified atom stereocenters. The van der Waals surface area contributed by atoms with Crippen LogP contribution in [0.3, 0.4) is 0 Å². The summed E-state index contributed by atoms with van der Waals surface area (Å²) in [6, 6.07) is 7.34. The van der Waals surface area contributed by atoms with Gasteiger partial charge in [-0.2, -0.15) is 0 Å². The number of aromatic nitrogens is 2. The van der Waals surface area contributed by atoms with Crippen molar-refractivity contribution in [3.8, 4) is 0 Å². The van der Waals surface area contributed by atoms with E-state index >= 15 is 0 Å². The molecule has 122 valence electrons. The van der Waals surface area contributed by atoms with Gasteiger partial charge in [0.15, 0.2) is 0 Å². The second-order valence-electron chi connectivity index (χ2n) is 6.38. The highest BCUT2D eigenvalue weighted by atomic mass is 79.9. The molecule has 3 rings (SSSR count). The fourth-order valence-electron chi connectivity index (χ4n) is 3.50. The maximum absolute atomic E-state index is 13.0. The van der Waals surface area contributed by atoms with Gasteiger partial charge in [0.2, 0.25) is 23.0 Å². The average Bonchev–Trinajstić information content (AvgIpc) is 2.78. The first kappa shape index (κ1) is 17.6.